The van der Waals surface area contributed by atoms with Crippen LogP contribution < -0.4 is 10.5 Å². The van der Waals surface area contributed by atoms with Crippen molar-refractivity contribution in [3.8, 4) is 5.75 Å². The Morgan fingerprint density at radius 2 is 1.55 bits per heavy atom. The zero-order chi connectivity index (χ0) is 13.7. The zero-order valence-corrected chi connectivity index (χ0v) is 11.5. The smallest absolute Gasteiger partial charge is 0.257 e. The summed E-state index contributed by atoms with van der Waals surface area (Å²) in [5, 5.41) is 0. The highest BCUT2D eigenvalue weighted by Gasteiger charge is 2.20. The van der Waals surface area contributed by atoms with Gasteiger partial charge in [-0.25, -0.2) is 8.78 Å². The summed E-state index contributed by atoms with van der Waals surface area (Å²) in [5.74, 6) is 0.402. The van der Waals surface area contributed by atoms with Gasteiger partial charge in [-0.05, 0) is 11.6 Å². The second-order valence-corrected chi connectivity index (χ2v) is 4.17. The zero-order valence-electron chi connectivity index (χ0n) is 10.7. The summed E-state index contributed by atoms with van der Waals surface area (Å²) in [4.78, 5) is 0. The molecule has 1 atom stereocenters. The largest absolute Gasteiger partial charge is 0.489 e. The van der Waals surface area contributed by atoms with E-state index in [2.05, 4.69) is 0 Å². The molecule has 2 aromatic rings. The van der Waals surface area contributed by atoms with E-state index in [1.807, 2.05) is 30.3 Å². The molecule has 0 fully saturated rings. The van der Waals surface area contributed by atoms with Crippen molar-refractivity contribution in [1.82, 2.24) is 0 Å². The molecule has 0 aliphatic rings. The van der Waals surface area contributed by atoms with Gasteiger partial charge >= 0.3 is 0 Å². The number of nitrogens with two attached hydrogens (primary N) is 1. The fourth-order valence-corrected chi connectivity index (χ4v) is 1.76. The number of hydrogen-bond donors (Lipinski definition) is 1. The third kappa shape index (κ3) is 4.18. The Morgan fingerprint density at radius 1 is 0.950 bits per heavy atom. The Kier molecular flexibility index (Phi) is 6.42. The van der Waals surface area contributed by atoms with E-state index in [4.69, 9.17) is 10.5 Å². The molecule has 5 heteroatoms. The molecule has 0 bridgehead atoms. The Morgan fingerprint density at radius 3 is 2.20 bits per heavy atom. The highest BCUT2D eigenvalue weighted by molar-refractivity contribution is 5.85. The van der Waals surface area contributed by atoms with Crippen molar-refractivity contribution >= 4 is 12.4 Å². The van der Waals surface area contributed by atoms with Crippen LogP contribution in [0.5, 0.6) is 5.75 Å². The molecule has 20 heavy (non-hydrogen) atoms. The van der Waals surface area contributed by atoms with Gasteiger partial charge in [0, 0.05) is 5.56 Å². The first-order valence-electron chi connectivity index (χ1n) is 5.98. The van der Waals surface area contributed by atoms with Crippen LogP contribution in [0.4, 0.5) is 8.78 Å². The molecule has 2 aromatic carbocycles. The molecule has 2 nitrogen and oxygen atoms in total. The standard InChI is InChI=1S/C15H15F2NO.ClH/c16-15(17)14(18)12-8-4-5-9-13(12)19-10-11-6-2-1-3-7-11;/h1-9,14-15H,10,18H2;1H/t14-;/m1./s1. The maximum Gasteiger partial charge on any atom is 0.257 e. The normalized spacial score (nSPS) is 11.8. The summed E-state index contributed by atoms with van der Waals surface area (Å²) in [5.41, 5.74) is 6.78. The number of alkyl halides is 2. The Balaban J connectivity index is 0.00000200. The lowest BCUT2D eigenvalue weighted by molar-refractivity contribution is 0.114. The van der Waals surface area contributed by atoms with Gasteiger partial charge in [0.1, 0.15) is 12.4 Å². The minimum absolute atomic E-state index is 0. The molecular formula is C15H16ClF2NO. The Labute approximate surface area is 123 Å². The van der Waals surface area contributed by atoms with Gasteiger partial charge in [0.2, 0.25) is 0 Å². The molecule has 0 radical (unpaired) electrons. The van der Waals surface area contributed by atoms with Crippen LogP contribution in [0, 0.1) is 0 Å². The Hall–Kier alpha value is -1.65. The summed E-state index contributed by atoms with van der Waals surface area (Å²) in [6, 6.07) is 14.8. The SMILES string of the molecule is Cl.N[C@H](c1ccccc1OCc1ccccc1)C(F)F. The van der Waals surface area contributed by atoms with Crippen molar-refractivity contribution in [2.45, 2.75) is 19.1 Å². The fraction of sp³-hybridized carbons (Fsp3) is 0.200. The molecule has 0 amide bonds. The lowest BCUT2D eigenvalue weighted by Crippen LogP contribution is -2.19. The van der Waals surface area contributed by atoms with Gasteiger partial charge in [0.25, 0.3) is 6.43 Å². The van der Waals surface area contributed by atoms with E-state index in [1.165, 1.54) is 0 Å². The number of ether oxygens (including phenoxy) is 1. The molecule has 0 saturated heterocycles. The van der Waals surface area contributed by atoms with Crippen LogP contribution >= 0.6 is 12.4 Å². The lowest BCUT2D eigenvalue weighted by Gasteiger charge is -2.16. The second-order valence-electron chi connectivity index (χ2n) is 4.17. The maximum atomic E-state index is 12.7. The van der Waals surface area contributed by atoms with Crippen molar-refractivity contribution in [3.05, 3.63) is 65.7 Å². The molecule has 2 N–H and O–H groups in total. The third-order valence-corrected chi connectivity index (χ3v) is 2.79. The molecule has 0 unspecified atom stereocenters. The van der Waals surface area contributed by atoms with Crippen molar-refractivity contribution < 1.29 is 13.5 Å². The van der Waals surface area contributed by atoms with E-state index >= 15 is 0 Å². The van der Waals surface area contributed by atoms with Gasteiger partial charge in [-0.3, -0.25) is 0 Å². The van der Waals surface area contributed by atoms with Crippen LogP contribution in [-0.2, 0) is 6.61 Å². The maximum absolute atomic E-state index is 12.7. The van der Waals surface area contributed by atoms with Crippen LogP contribution in [0.1, 0.15) is 17.2 Å². The topological polar surface area (TPSA) is 35.2 Å². The first-order chi connectivity index (χ1) is 9.18. The number of rotatable bonds is 5. The average Bonchev–Trinajstić information content (AvgIpc) is 2.45. The highest BCUT2D eigenvalue weighted by atomic mass is 35.5. The molecule has 108 valence electrons. The van der Waals surface area contributed by atoms with Crippen molar-refractivity contribution in [2.24, 2.45) is 5.73 Å². The average molecular weight is 300 g/mol. The van der Waals surface area contributed by atoms with E-state index in [-0.39, 0.29) is 12.4 Å². The first kappa shape index (κ1) is 16.4. The summed E-state index contributed by atoms with van der Waals surface area (Å²) >= 11 is 0. The van der Waals surface area contributed by atoms with E-state index in [1.54, 1.807) is 24.3 Å². The van der Waals surface area contributed by atoms with Gasteiger partial charge in [0.15, 0.2) is 0 Å². The first-order valence-corrected chi connectivity index (χ1v) is 5.98. The van der Waals surface area contributed by atoms with Gasteiger partial charge in [-0.1, -0.05) is 48.5 Å². The minimum Gasteiger partial charge on any atom is -0.489 e. The lowest BCUT2D eigenvalue weighted by atomic mass is 10.1. The summed E-state index contributed by atoms with van der Waals surface area (Å²) in [6.07, 6.45) is -2.61. The monoisotopic (exact) mass is 299 g/mol. The van der Waals surface area contributed by atoms with Gasteiger partial charge in [-0.15, -0.1) is 12.4 Å². The minimum atomic E-state index is -2.61. The van der Waals surface area contributed by atoms with E-state index in [0.717, 1.165) is 5.56 Å². The van der Waals surface area contributed by atoms with Crippen molar-refractivity contribution in [3.63, 3.8) is 0 Å². The van der Waals surface area contributed by atoms with Gasteiger partial charge in [0.05, 0.1) is 6.04 Å². The van der Waals surface area contributed by atoms with Crippen LogP contribution in [0.2, 0.25) is 0 Å². The van der Waals surface area contributed by atoms with Crippen LogP contribution in [-0.4, -0.2) is 6.43 Å². The molecule has 0 aliphatic carbocycles. The summed E-state index contributed by atoms with van der Waals surface area (Å²) in [6.45, 7) is 0.327. The molecule has 0 heterocycles. The van der Waals surface area contributed by atoms with E-state index < -0.39 is 12.5 Å². The van der Waals surface area contributed by atoms with E-state index in [9.17, 15) is 8.78 Å². The third-order valence-electron chi connectivity index (χ3n) is 2.79. The summed E-state index contributed by atoms with van der Waals surface area (Å²) < 4.78 is 30.9. The van der Waals surface area contributed by atoms with Crippen molar-refractivity contribution in [1.29, 1.82) is 0 Å². The van der Waals surface area contributed by atoms with Crippen LogP contribution in [0.25, 0.3) is 0 Å². The van der Waals surface area contributed by atoms with Crippen LogP contribution in [0.15, 0.2) is 54.6 Å². The van der Waals surface area contributed by atoms with Gasteiger partial charge in [-0.2, -0.15) is 0 Å². The number of hydrogen-bond acceptors (Lipinski definition) is 2. The second kappa shape index (κ2) is 7.82. The molecule has 0 aromatic heterocycles. The molecule has 0 saturated carbocycles. The predicted molar refractivity (Wildman–Crippen MR) is 77.4 cm³/mol. The molecule has 0 aliphatic heterocycles. The fourth-order valence-electron chi connectivity index (χ4n) is 1.76. The highest BCUT2D eigenvalue weighted by Crippen LogP contribution is 2.28. The Bertz CT molecular complexity index is 522. The quantitative estimate of drug-likeness (QED) is 0.907. The number of benzene rings is 2. The van der Waals surface area contributed by atoms with Gasteiger partial charge < -0.3 is 10.5 Å². The summed E-state index contributed by atoms with van der Waals surface area (Å²) in [7, 11) is 0. The van der Waals surface area contributed by atoms with Crippen LogP contribution in [0.3, 0.4) is 0 Å². The molecule has 0 spiro atoms. The number of para-hydroxylation sites is 1. The molecular weight excluding hydrogens is 284 g/mol. The predicted octanol–water partition coefficient (Wildman–Crippen LogP) is 3.95. The van der Waals surface area contributed by atoms with Crippen molar-refractivity contribution in [2.75, 3.05) is 0 Å². The molecule has 2 rings (SSSR count). The van der Waals surface area contributed by atoms with E-state index in [0.29, 0.717) is 17.9 Å². The number of halogens is 3.